The van der Waals surface area contributed by atoms with E-state index in [0.717, 1.165) is 6.07 Å². The van der Waals surface area contributed by atoms with E-state index in [9.17, 15) is 40.5 Å². The Morgan fingerprint density at radius 3 is 2.31 bits per heavy atom. The molecule has 0 bridgehead atoms. The van der Waals surface area contributed by atoms with Crippen molar-refractivity contribution in [2.75, 3.05) is 6.61 Å². The summed E-state index contributed by atoms with van der Waals surface area (Å²) in [6, 6.07) is 6.76. The lowest BCUT2D eigenvalue weighted by Gasteiger charge is -2.40. The highest BCUT2D eigenvalue weighted by Crippen LogP contribution is 2.50. The van der Waals surface area contributed by atoms with Crippen LogP contribution in [0.25, 0.3) is 0 Å². The third-order valence-corrected chi connectivity index (χ3v) is 5.45. The fraction of sp³-hybridized carbons (Fsp3) is 0.381. The van der Waals surface area contributed by atoms with Crippen LogP contribution in [-0.2, 0) is 4.74 Å². The van der Waals surface area contributed by atoms with Crippen LogP contribution in [0.15, 0.2) is 30.3 Å². The van der Waals surface area contributed by atoms with E-state index >= 15 is 0 Å². The monoisotopic (exact) mass is 450 g/mol. The zero-order valence-corrected chi connectivity index (χ0v) is 16.5. The van der Waals surface area contributed by atoms with E-state index in [2.05, 4.69) is 0 Å². The van der Waals surface area contributed by atoms with Crippen molar-refractivity contribution in [1.29, 1.82) is 0 Å². The van der Waals surface area contributed by atoms with Crippen molar-refractivity contribution < 1.29 is 54.8 Å². The van der Waals surface area contributed by atoms with Gasteiger partial charge in [0.25, 0.3) is 0 Å². The second-order valence-electron chi connectivity index (χ2n) is 7.59. The topological polar surface area (TPSA) is 186 Å². The molecule has 1 fully saturated rings. The molecule has 0 saturated carbocycles. The summed E-state index contributed by atoms with van der Waals surface area (Å²) in [5.41, 5.74) is 0.279. The van der Waals surface area contributed by atoms with Gasteiger partial charge in [0.1, 0.15) is 47.6 Å². The number of rotatable bonds is 4. The summed E-state index contributed by atoms with van der Waals surface area (Å²) in [6.07, 6.45) is -9.02. The summed E-state index contributed by atoms with van der Waals surface area (Å²) in [6.45, 7) is -0.692. The highest BCUT2D eigenvalue weighted by molar-refractivity contribution is 6.03. The number of carbonyl (C=O) groups excluding carboxylic acids is 1. The number of phenols is 3. The molecule has 11 nitrogen and oxygen atoms in total. The molecule has 0 spiro atoms. The number of carbonyl (C=O) groups is 1. The SMILES string of the molecule is O=C1CC(c2ccc(O)cc2)Oc2c(OC3OC(CO)C(O)C(O)C3O)c(O)cc(O)c21. The van der Waals surface area contributed by atoms with Gasteiger partial charge in [-0.25, -0.2) is 0 Å². The van der Waals surface area contributed by atoms with Gasteiger partial charge in [-0.1, -0.05) is 12.1 Å². The molecule has 2 aliphatic rings. The third kappa shape index (κ3) is 3.80. The first-order chi connectivity index (χ1) is 15.2. The van der Waals surface area contributed by atoms with Crippen LogP contribution in [0, 0.1) is 0 Å². The number of Topliss-reactive ketones (excluding diaryl/α,β-unsaturated/α-hetero) is 1. The van der Waals surface area contributed by atoms with Gasteiger partial charge in [0.05, 0.1) is 13.0 Å². The van der Waals surface area contributed by atoms with Crippen LogP contribution in [0.4, 0.5) is 0 Å². The average Bonchev–Trinajstić information content (AvgIpc) is 2.76. The number of fused-ring (bicyclic) bond motifs is 1. The van der Waals surface area contributed by atoms with Gasteiger partial charge in [-0.3, -0.25) is 4.79 Å². The van der Waals surface area contributed by atoms with E-state index in [-0.39, 0.29) is 23.5 Å². The molecule has 2 aromatic rings. The predicted octanol–water partition coefficient (Wildman–Crippen LogP) is -0.311. The minimum Gasteiger partial charge on any atom is -0.508 e. The summed E-state index contributed by atoms with van der Waals surface area (Å²) in [5.74, 6) is -2.45. The standard InChI is InChI=1S/C21H22O11/c22-7-14-16(27)17(28)18(29)21(31-14)32-19-12(26)5-10(24)15-11(25)6-13(30-20(15)19)8-1-3-9(23)4-2-8/h1-5,13-14,16-18,21-24,26-29H,6-7H2. The summed E-state index contributed by atoms with van der Waals surface area (Å²) >= 11 is 0. The summed E-state index contributed by atoms with van der Waals surface area (Å²) in [5, 5.41) is 69.5. The van der Waals surface area contributed by atoms with Crippen LogP contribution in [0.3, 0.4) is 0 Å². The van der Waals surface area contributed by atoms with Crippen molar-refractivity contribution >= 4 is 5.78 Å². The maximum absolute atomic E-state index is 12.8. The normalized spacial score (nSPS) is 29.8. The molecule has 2 aliphatic heterocycles. The van der Waals surface area contributed by atoms with Crippen LogP contribution < -0.4 is 9.47 Å². The Balaban J connectivity index is 1.71. The Morgan fingerprint density at radius 2 is 1.66 bits per heavy atom. The van der Waals surface area contributed by atoms with E-state index in [1.165, 1.54) is 12.1 Å². The summed E-state index contributed by atoms with van der Waals surface area (Å²) in [4.78, 5) is 12.8. The molecule has 7 N–H and O–H groups in total. The molecule has 2 aromatic carbocycles. The fourth-order valence-corrected chi connectivity index (χ4v) is 3.72. The lowest BCUT2D eigenvalue weighted by molar-refractivity contribution is -0.277. The van der Waals surface area contributed by atoms with Crippen molar-refractivity contribution in [3.05, 3.63) is 41.5 Å². The Kier molecular flexibility index (Phi) is 5.84. The smallest absolute Gasteiger partial charge is 0.229 e. The maximum atomic E-state index is 12.8. The molecule has 0 radical (unpaired) electrons. The van der Waals surface area contributed by atoms with Gasteiger partial charge in [0, 0.05) is 6.07 Å². The zero-order valence-electron chi connectivity index (χ0n) is 16.5. The van der Waals surface area contributed by atoms with Gasteiger partial charge in [-0.05, 0) is 17.7 Å². The van der Waals surface area contributed by atoms with Crippen molar-refractivity contribution in [3.8, 4) is 28.7 Å². The number of hydrogen-bond acceptors (Lipinski definition) is 11. The minimum atomic E-state index is -1.77. The van der Waals surface area contributed by atoms with Gasteiger partial charge in [0.15, 0.2) is 17.3 Å². The Hall–Kier alpha value is -3.09. The number of benzene rings is 2. The van der Waals surface area contributed by atoms with Crippen molar-refractivity contribution in [1.82, 2.24) is 0 Å². The van der Waals surface area contributed by atoms with Crippen LogP contribution in [0.2, 0.25) is 0 Å². The first-order valence-corrected chi connectivity index (χ1v) is 9.76. The van der Waals surface area contributed by atoms with Crippen molar-refractivity contribution in [3.63, 3.8) is 0 Å². The molecule has 0 amide bonds. The molecule has 0 aromatic heterocycles. The lowest BCUT2D eigenvalue weighted by Crippen LogP contribution is -2.60. The maximum Gasteiger partial charge on any atom is 0.229 e. The van der Waals surface area contributed by atoms with Crippen molar-refractivity contribution in [2.45, 2.75) is 43.2 Å². The molecular weight excluding hydrogens is 428 g/mol. The molecule has 11 heteroatoms. The predicted molar refractivity (Wildman–Crippen MR) is 105 cm³/mol. The summed E-state index contributed by atoms with van der Waals surface area (Å²) < 4.78 is 16.7. The first-order valence-electron chi connectivity index (χ1n) is 9.76. The second kappa shape index (κ2) is 8.45. The molecular formula is C21H22O11. The van der Waals surface area contributed by atoms with Gasteiger partial charge in [0.2, 0.25) is 12.0 Å². The number of hydrogen-bond donors (Lipinski definition) is 7. The van der Waals surface area contributed by atoms with E-state index in [1.54, 1.807) is 12.1 Å². The number of aromatic hydroxyl groups is 3. The Bertz CT molecular complexity index is 1000. The molecule has 1 saturated heterocycles. The lowest BCUT2D eigenvalue weighted by atomic mass is 9.95. The number of ketones is 1. The minimum absolute atomic E-state index is 0.0122. The van der Waals surface area contributed by atoms with E-state index in [4.69, 9.17) is 14.2 Å². The van der Waals surface area contributed by atoms with Gasteiger partial charge >= 0.3 is 0 Å². The van der Waals surface area contributed by atoms with Crippen LogP contribution in [-0.4, -0.2) is 78.8 Å². The molecule has 32 heavy (non-hydrogen) atoms. The highest BCUT2D eigenvalue weighted by Gasteiger charge is 2.46. The van der Waals surface area contributed by atoms with Gasteiger partial charge in [-0.2, -0.15) is 0 Å². The molecule has 172 valence electrons. The van der Waals surface area contributed by atoms with Crippen LogP contribution in [0.5, 0.6) is 28.7 Å². The zero-order chi connectivity index (χ0) is 23.2. The van der Waals surface area contributed by atoms with Gasteiger partial charge < -0.3 is 50.0 Å². The largest absolute Gasteiger partial charge is 0.508 e. The molecule has 6 unspecified atom stereocenters. The number of ether oxygens (including phenoxy) is 3. The highest BCUT2D eigenvalue weighted by atomic mass is 16.7. The second-order valence-corrected chi connectivity index (χ2v) is 7.59. The number of aliphatic hydroxyl groups excluding tert-OH is 4. The molecule has 2 heterocycles. The average molecular weight is 450 g/mol. The summed E-state index contributed by atoms with van der Waals surface area (Å²) in [7, 11) is 0. The first kappa shape index (κ1) is 22.1. The number of phenolic OH excluding ortho intramolecular Hbond substituents is 3. The molecule has 6 atom stereocenters. The van der Waals surface area contributed by atoms with Crippen LogP contribution >= 0.6 is 0 Å². The Labute approximate surface area is 181 Å². The van der Waals surface area contributed by atoms with E-state index in [1.807, 2.05) is 0 Å². The quantitative estimate of drug-likeness (QED) is 0.324. The fourth-order valence-electron chi connectivity index (χ4n) is 3.72. The van der Waals surface area contributed by atoms with E-state index in [0.29, 0.717) is 5.56 Å². The third-order valence-electron chi connectivity index (χ3n) is 5.45. The number of aliphatic hydroxyl groups is 4. The van der Waals surface area contributed by atoms with E-state index < -0.39 is 66.4 Å². The molecule has 0 aliphatic carbocycles. The van der Waals surface area contributed by atoms with Gasteiger partial charge in [-0.15, -0.1) is 0 Å². The molecule has 4 rings (SSSR count). The van der Waals surface area contributed by atoms with Crippen molar-refractivity contribution in [2.24, 2.45) is 0 Å². The van der Waals surface area contributed by atoms with Crippen LogP contribution in [0.1, 0.15) is 28.4 Å². The Morgan fingerprint density at radius 1 is 0.969 bits per heavy atom.